The van der Waals surface area contributed by atoms with E-state index in [0.717, 1.165) is 6.07 Å². The minimum absolute atomic E-state index is 0.140. The number of carbonyl (C=O) groups is 1. The van der Waals surface area contributed by atoms with Crippen LogP contribution in [0.25, 0.3) is 0 Å². The number of methoxy groups -OCH3 is 1. The number of nitrogens with zero attached hydrogens (tertiary/aromatic N) is 1. The molecular formula is C15H12ClFN2O4. The lowest BCUT2D eigenvalue weighted by atomic mass is 10.1. The maximum atomic E-state index is 13.7. The number of halogens is 2. The van der Waals surface area contributed by atoms with E-state index in [0.29, 0.717) is 0 Å². The Balaban J connectivity index is 2.19. The number of anilines is 1. The second-order valence-corrected chi connectivity index (χ2v) is 5.04. The molecule has 0 aliphatic heterocycles. The lowest BCUT2D eigenvalue weighted by Crippen LogP contribution is -2.16. The van der Waals surface area contributed by atoms with E-state index in [1.165, 1.54) is 37.4 Å². The van der Waals surface area contributed by atoms with Crippen molar-refractivity contribution in [3.05, 3.63) is 62.9 Å². The first-order chi connectivity index (χ1) is 10.9. The summed E-state index contributed by atoms with van der Waals surface area (Å²) in [6.07, 6.45) is -0.241. The molecule has 0 saturated heterocycles. The first kappa shape index (κ1) is 16.7. The van der Waals surface area contributed by atoms with Crippen LogP contribution in [0.4, 0.5) is 15.8 Å². The van der Waals surface area contributed by atoms with Gasteiger partial charge in [0.1, 0.15) is 11.6 Å². The molecule has 0 bridgehead atoms. The van der Waals surface area contributed by atoms with Crippen LogP contribution in [0.15, 0.2) is 36.4 Å². The number of non-ortho nitro benzene ring substituents is 1. The highest BCUT2D eigenvalue weighted by Crippen LogP contribution is 2.29. The van der Waals surface area contributed by atoms with Gasteiger partial charge in [-0.2, -0.15) is 0 Å². The number of nitro benzene ring substituents is 1. The average Bonchev–Trinajstić information content (AvgIpc) is 2.50. The van der Waals surface area contributed by atoms with Crippen molar-refractivity contribution >= 4 is 28.9 Å². The lowest BCUT2D eigenvalue weighted by Gasteiger charge is -2.10. The monoisotopic (exact) mass is 338 g/mol. The van der Waals surface area contributed by atoms with Gasteiger partial charge in [0.2, 0.25) is 5.91 Å². The van der Waals surface area contributed by atoms with Gasteiger partial charge in [-0.05, 0) is 23.8 Å². The molecule has 0 spiro atoms. The third kappa shape index (κ3) is 4.17. The summed E-state index contributed by atoms with van der Waals surface area (Å²) in [4.78, 5) is 22.2. The van der Waals surface area contributed by atoms with E-state index in [9.17, 15) is 19.3 Å². The van der Waals surface area contributed by atoms with E-state index in [1.807, 2.05) is 0 Å². The van der Waals surface area contributed by atoms with E-state index < -0.39 is 16.6 Å². The summed E-state index contributed by atoms with van der Waals surface area (Å²) in [6, 6.07) is 7.79. The molecular weight excluding hydrogens is 327 g/mol. The highest BCUT2D eigenvalue weighted by atomic mass is 35.5. The maximum absolute atomic E-state index is 13.7. The summed E-state index contributed by atoms with van der Waals surface area (Å²) in [5.41, 5.74) is 0.108. The first-order valence-corrected chi connectivity index (χ1v) is 6.84. The molecule has 8 heteroatoms. The van der Waals surface area contributed by atoms with Gasteiger partial charge in [0.25, 0.3) is 5.69 Å². The summed E-state index contributed by atoms with van der Waals surface area (Å²) in [6.45, 7) is 0. The van der Waals surface area contributed by atoms with Crippen molar-refractivity contribution in [1.29, 1.82) is 0 Å². The topological polar surface area (TPSA) is 81.5 Å². The SMILES string of the molecule is COc1ccc([N+](=O)[O-])cc1NC(=O)Cc1ccc(Cl)cc1F. The predicted octanol–water partition coefficient (Wildman–Crippen LogP) is 3.58. The van der Waals surface area contributed by atoms with Crippen molar-refractivity contribution < 1.29 is 18.8 Å². The van der Waals surface area contributed by atoms with Gasteiger partial charge >= 0.3 is 0 Å². The van der Waals surface area contributed by atoms with E-state index in [2.05, 4.69) is 5.32 Å². The largest absolute Gasteiger partial charge is 0.495 e. The van der Waals surface area contributed by atoms with Crippen molar-refractivity contribution in [1.82, 2.24) is 0 Å². The van der Waals surface area contributed by atoms with Gasteiger partial charge in [-0.25, -0.2) is 4.39 Å². The van der Waals surface area contributed by atoms with Gasteiger partial charge in [-0.15, -0.1) is 0 Å². The fourth-order valence-corrected chi connectivity index (χ4v) is 2.10. The molecule has 1 N–H and O–H groups in total. The Bertz CT molecular complexity index is 767. The fraction of sp³-hybridized carbons (Fsp3) is 0.133. The molecule has 1 amide bonds. The zero-order valence-corrected chi connectivity index (χ0v) is 12.8. The summed E-state index contributed by atoms with van der Waals surface area (Å²) >= 11 is 5.65. The molecule has 0 aliphatic rings. The van der Waals surface area contributed by atoms with Crippen molar-refractivity contribution in [2.75, 3.05) is 12.4 Å². The first-order valence-electron chi connectivity index (χ1n) is 6.47. The second-order valence-electron chi connectivity index (χ2n) is 4.60. The molecule has 2 aromatic rings. The number of nitro groups is 1. The van der Waals surface area contributed by atoms with Crippen molar-refractivity contribution in [3.63, 3.8) is 0 Å². The van der Waals surface area contributed by atoms with Crippen LogP contribution >= 0.6 is 11.6 Å². The number of ether oxygens (including phenoxy) is 1. The van der Waals surface area contributed by atoms with Gasteiger partial charge in [-0.1, -0.05) is 17.7 Å². The average molecular weight is 339 g/mol. The molecule has 0 heterocycles. The molecule has 2 aromatic carbocycles. The number of amides is 1. The van der Waals surface area contributed by atoms with Gasteiger partial charge in [0.05, 0.1) is 24.1 Å². The number of benzene rings is 2. The molecule has 0 unspecified atom stereocenters. The second kappa shape index (κ2) is 7.06. The summed E-state index contributed by atoms with van der Waals surface area (Å²) in [5.74, 6) is -0.871. The third-order valence-corrected chi connectivity index (χ3v) is 3.27. The summed E-state index contributed by atoms with van der Waals surface area (Å²) in [5, 5.41) is 13.5. The number of nitrogens with one attached hydrogen (secondary N) is 1. The Labute approximate surface area is 136 Å². The number of rotatable bonds is 5. The maximum Gasteiger partial charge on any atom is 0.271 e. The van der Waals surface area contributed by atoms with E-state index in [4.69, 9.17) is 16.3 Å². The predicted molar refractivity (Wildman–Crippen MR) is 83.4 cm³/mol. The molecule has 0 radical (unpaired) electrons. The summed E-state index contributed by atoms with van der Waals surface area (Å²) in [7, 11) is 1.37. The Kier molecular flexibility index (Phi) is 5.13. The normalized spacial score (nSPS) is 10.2. The third-order valence-electron chi connectivity index (χ3n) is 3.03. The van der Waals surface area contributed by atoms with Crippen LogP contribution in [0, 0.1) is 15.9 Å². The van der Waals surface area contributed by atoms with Crippen molar-refractivity contribution in [2.45, 2.75) is 6.42 Å². The molecule has 0 aliphatic carbocycles. The number of hydrogen-bond donors (Lipinski definition) is 1. The smallest absolute Gasteiger partial charge is 0.271 e. The highest BCUT2D eigenvalue weighted by molar-refractivity contribution is 6.30. The molecule has 0 aromatic heterocycles. The standard InChI is InChI=1S/C15H12ClFN2O4/c1-23-14-5-4-11(19(21)22)8-13(14)18-15(20)6-9-2-3-10(16)7-12(9)17/h2-5,7-8H,6H2,1H3,(H,18,20). The minimum atomic E-state index is -0.598. The zero-order valence-electron chi connectivity index (χ0n) is 12.0. The van der Waals surface area contributed by atoms with Crippen molar-refractivity contribution in [2.24, 2.45) is 0 Å². The van der Waals surface area contributed by atoms with Crippen LogP contribution in [0.1, 0.15) is 5.56 Å². The Hall–Kier alpha value is -2.67. The number of hydrogen-bond acceptors (Lipinski definition) is 4. The molecule has 23 heavy (non-hydrogen) atoms. The van der Waals surface area contributed by atoms with Crippen LogP contribution < -0.4 is 10.1 Å². The van der Waals surface area contributed by atoms with Crippen molar-refractivity contribution in [3.8, 4) is 5.75 Å². The van der Waals surface area contributed by atoms with Crippen LogP contribution in [0.3, 0.4) is 0 Å². The van der Waals surface area contributed by atoms with Crippen LogP contribution in [0.5, 0.6) is 5.75 Å². The van der Waals surface area contributed by atoms with Crippen LogP contribution in [-0.4, -0.2) is 17.9 Å². The van der Waals surface area contributed by atoms with E-state index >= 15 is 0 Å². The Morgan fingerprint density at radius 3 is 2.70 bits per heavy atom. The van der Waals surface area contributed by atoms with Gasteiger partial charge in [0, 0.05) is 17.2 Å². The molecule has 0 fully saturated rings. The molecule has 0 atom stereocenters. The number of carbonyl (C=O) groups excluding carboxylic acids is 1. The van der Waals surface area contributed by atoms with Gasteiger partial charge in [0.15, 0.2) is 0 Å². The van der Waals surface area contributed by atoms with Crippen LogP contribution in [0.2, 0.25) is 5.02 Å². The zero-order chi connectivity index (χ0) is 17.0. The van der Waals surface area contributed by atoms with Crippen LogP contribution in [-0.2, 0) is 11.2 Å². The highest BCUT2D eigenvalue weighted by Gasteiger charge is 2.15. The molecule has 2 rings (SSSR count). The Morgan fingerprint density at radius 2 is 2.09 bits per heavy atom. The molecule has 0 saturated carbocycles. The van der Waals surface area contributed by atoms with E-state index in [1.54, 1.807) is 0 Å². The Morgan fingerprint density at radius 1 is 1.35 bits per heavy atom. The summed E-state index contributed by atoms with van der Waals surface area (Å²) < 4.78 is 18.7. The molecule has 120 valence electrons. The van der Waals surface area contributed by atoms with Gasteiger partial charge in [-0.3, -0.25) is 14.9 Å². The minimum Gasteiger partial charge on any atom is -0.495 e. The molecule has 6 nitrogen and oxygen atoms in total. The lowest BCUT2D eigenvalue weighted by molar-refractivity contribution is -0.384. The fourth-order valence-electron chi connectivity index (χ4n) is 1.94. The quantitative estimate of drug-likeness (QED) is 0.667. The van der Waals surface area contributed by atoms with E-state index in [-0.39, 0.29) is 34.1 Å². The van der Waals surface area contributed by atoms with Gasteiger partial charge < -0.3 is 10.1 Å².